The highest BCUT2D eigenvalue weighted by molar-refractivity contribution is 7.22. The molecule has 1 aliphatic rings. The smallest absolute Gasteiger partial charge is 0.275 e. The van der Waals surface area contributed by atoms with E-state index < -0.39 is 0 Å². The van der Waals surface area contributed by atoms with Crippen LogP contribution in [0.2, 0.25) is 0 Å². The molecule has 5 rings (SSSR count). The van der Waals surface area contributed by atoms with Crippen LogP contribution >= 0.6 is 11.3 Å². The largest absolute Gasteiger partial charge is 0.493 e. The van der Waals surface area contributed by atoms with Gasteiger partial charge in [-0.1, -0.05) is 30.3 Å². The number of ether oxygens (including phenoxy) is 2. The molecule has 2 aromatic carbocycles. The summed E-state index contributed by atoms with van der Waals surface area (Å²) < 4.78 is 12.7. The second-order valence-corrected chi connectivity index (χ2v) is 8.71. The standard InChI is InChI=1S/C20H16N2O3S.C5H11N/c1-24-16-9-8-14(10-17(16)25-2)22-12-21-15-11-18(26-19(15)20(22)23)13-6-4-3-5-7-13;1-6-4-2-3-5-6/h3-12H,1-2H3;2-5H2,1H3. The van der Waals surface area contributed by atoms with Gasteiger partial charge in [0.2, 0.25) is 0 Å². The van der Waals surface area contributed by atoms with E-state index in [1.807, 2.05) is 42.5 Å². The van der Waals surface area contributed by atoms with Crippen molar-refractivity contribution in [3.8, 4) is 27.6 Å². The van der Waals surface area contributed by atoms with Crippen molar-refractivity contribution in [1.29, 1.82) is 0 Å². The maximum absolute atomic E-state index is 13.0. The molecule has 0 spiro atoms. The highest BCUT2D eigenvalue weighted by atomic mass is 32.1. The third-order valence-corrected chi connectivity index (χ3v) is 6.63. The van der Waals surface area contributed by atoms with Crippen LogP contribution in [0.25, 0.3) is 26.3 Å². The number of aromatic nitrogens is 2. The molecule has 2 aromatic heterocycles. The Kier molecular flexibility index (Phi) is 6.87. The van der Waals surface area contributed by atoms with E-state index in [1.165, 1.54) is 41.8 Å². The Morgan fingerprint density at radius 3 is 2.28 bits per heavy atom. The van der Waals surface area contributed by atoms with Crippen molar-refractivity contribution in [2.75, 3.05) is 34.4 Å². The van der Waals surface area contributed by atoms with E-state index in [-0.39, 0.29) is 5.56 Å². The van der Waals surface area contributed by atoms with Gasteiger partial charge in [0.1, 0.15) is 11.0 Å². The Hall–Kier alpha value is -3.16. The number of hydrogen-bond donors (Lipinski definition) is 0. The van der Waals surface area contributed by atoms with Crippen LogP contribution in [0.3, 0.4) is 0 Å². The van der Waals surface area contributed by atoms with Crippen molar-refractivity contribution in [1.82, 2.24) is 14.5 Å². The van der Waals surface area contributed by atoms with E-state index in [2.05, 4.69) is 16.9 Å². The predicted octanol–water partition coefficient (Wildman–Crippen LogP) is 4.84. The first-order valence-electron chi connectivity index (χ1n) is 10.6. The summed E-state index contributed by atoms with van der Waals surface area (Å²) in [5, 5.41) is 0. The van der Waals surface area contributed by atoms with Crippen molar-refractivity contribution in [2.24, 2.45) is 0 Å². The van der Waals surface area contributed by atoms with Crippen LogP contribution in [0.1, 0.15) is 12.8 Å². The zero-order valence-corrected chi connectivity index (χ0v) is 19.4. The van der Waals surface area contributed by atoms with E-state index in [0.717, 1.165) is 10.4 Å². The monoisotopic (exact) mass is 449 g/mol. The van der Waals surface area contributed by atoms with E-state index >= 15 is 0 Å². The minimum Gasteiger partial charge on any atom is -0.493 e. The highest BCUT2D eigenvalue weighted by Crippen LogP contribution is 2.32. The SMILES string of the molecule is CN1CCCC1.COc1ccc(-n2cnc3cc(-c4ccccc4)sc3c2=O)cc1OC. The number of methoxy groups -OCH3 is 2. The van der Waals surface area contributed by atoms with Gasteiger partial charge in [-0.3, -0.25) is 9.36 Å². The van der Waals surface area contributed by atoms with Gasteiger partial charge < -0.3 is 14.4 Å². The average molecular weight is 450 g/mol. The summed E-state index contributed by atoms with van der Waals surface area (Å²) in [5.74, 6) is 1.17. The molecule has 1 fully saturated rings. The van der Waals surface area contributed by atoms with E-state index in [0.29, 0.717) is 27.4 Å². The number of benzene rings is 2. The summed E-state index contributed by atoms with van der Waals surface area (Å²) >= 11 is 1.45. The van der Waals surface area contributed by atoms with Crippen molar-refractivity contribution in [3.63, 3.8) is 0 Å². The third-order valence-electron chi connectivity index (χ3n) is 5.47. The number of fused-ring (bicyclic) bond motifs is 1. The summed E-state index contributed by atoms with van der Waals surface area (Å²) in [6.45, 7) is 2.64. The molecule has 7 heteroatoms. The lowest BCUT2D eigenvalue weighted by atomic mass is 10.2. The van der Waals surface area contributed by atoms with Gasteiger partial charge in [-0.05, 0) is 56.7 Å². The van der Waals surface area contributed by atoms with E-state index in [9.17, 15) is 4.79 Å². The van der Waals surface area contributed by atoms with Gasteiger partial charge in [0, 0.05) is 10.9 Å². The van der Waals surface area contributed by atoms with Gasteiger partial charge in [-0.15, -0.1) is 11.3 Å². The Morgan fingerprint density at radius 2 is 1.66 bits per heavy atom. The molecule has 0 bridgehead atoms. The average Bonchev–Trinajstić information content (AvgIpc) is 3.49. The van der Waals surface area contributed by atoms with Crippen molar-refractivity contribution in [2.45, 2.75) is 12.8 Å². The molecule has 1 aliphatic heterocycles. The molecule has 166 valence electrons. The zero-order chi connectivity index (χ0) is 22.5. The molecule has 0 atom stereocenters. The highest BCUT2D eigenvalue weighted by Gasteiger charge is 2.13. The number of likely N-dealkylation sites (tertiary alicyclic amines) is 1. The van der Waals surface area contributed by atoms with E-state index in [4.69, 9.17) is 9.47 Å². The van der Waals surface area contributed by atoms with Crippen LogP contribution in [0.5, 0.6) is 11.5 Å². The van der Waals surface area contributed by atoms with E-state index in [1.54, 1.807) is 32.7 Å². The van der Waals surface area contributed by atoms with Crippen LogP contribution < -0.4 is 15.0 Å². The van der Waals surface area contributed by atoms with Crippen LogP contribution in [0.4, 0.5) is 0 Å². The first kappa shape index (κ1) is 22.0. The Labute approximate surface area is 191 Å². The quantitative estimate of drug-likeness (QED) is 0.446. The summed E-state index contributed by atoms with van der Waals surface area (Å²) in [6.07, 6.45) is 4.38. The summed E-state index contributed by atoms with van der Waals surface area (Å²) in [6, 6.07) is 17.3. The van der Waals surface area contributed by atoms with Gasteiger partial charge in [0.25, 0.3) is 5.56 Å². The van der Waals surface area contributed by atoms with Crippen LogP contribution in [0, 0.1) is 0 Å². The number of hydrogen-bond acceptors (Lipinski definition) is 6. The lowest BCUT2D eigenvalue weighted by Gasteiger charge is -2.10. The third kappa shape index (κ3) is 4.69. The molecule has 0 unspecified atom stereocenters. The Bertz CT molecular complexity index is 1240. The molecule has 32 heavy (non-hydrogen) atoms. The Balaban J connectivity index is 0.000000354. The lowest BCUT2D eigenvalue weighted by molar-refractivity contribution is 0.355. The molecule has 1 saturated heterocycles. The summed E-state index contributed by atoms with van der Waals surface area (Å²) in [5.41, 5.74) is 2.36. The van der Waals surface area contributed by atoms with Crippen LogP contribution in [-0.4, -0.2) is 48.8 Å². The first-order valence-corrected chi connectivity index (χ1v) is 11.4. The number of nitrogens with zero attached hydrogens (tertiary/aromatic N) is 3. The molecule has 3 heterocycles. The fraction of sp³-hybridized carbons (Fsp3) is 0.280. The molecule has 0 aliphatic carbocycles. The Morgan fingerprint density at radius 1 is 0.938 bits per heavy atom. The second-order valence-electron chi connectivity index (χ2n) is 7.66. The predicted molar refractivity (Wildman–Crippen MR) is 130 cm³/mol. The van der Waals surface area contributed by atoms with Gasteiger partial charge in [0.15, 0.2) is 11.5 Å². The summed E-state index contributed by atoms with van der Waals surface area (Å²) in [7, 11) is 5.32. The van der Waals surface area contributed by atoms with Crippen molar-refractivity contribution < 1.29 is 9.47 Å². The minimum absolute atomic E-state index is 0.102. The molecule has 0 amide bonds. The molecular formula is C25H27N3O3S. The molecule has 0 saturated carbocycles. The molecule has 6 nitrogen and oxygen atoms in total. The van der Waals surface area contributed by atoms with Crippen LogP contribution in [0.15, 0.2) is 65.7 Å². The number of rotatable bonds is 4. The number of thiophene rings is 1. The molecule has 4 aromatic rings. The van der Waals surface area contributed by atoms with Crippen LogP contribution in [-0.2, 0) is 0 Å². The van der Waals surface area contributed by atoms with Crippen molar-refractivity contribution in [3.05, 3.63) is 71.3 Å². The molecule has 0 radical (unpaired) electrons. The maximum atomic E-state index is 13.0. The first-order chi connectivity index (χ1) is 15.6. The molecular weight excluding hydrogens is 422 g/mol. The normalized spacial score (nSPS) is 13.6. The van der Waals surface area contributed by atoms with Gasteiger partial charge in [-0.25, -0.2) is 4.98 Å². The summed E-state index contributed by atoms with van der Waals surface area (Å²) in [4.78, 5) is 20.8. The van der Waals surface area contributed by atoms with Gasteiger partial charge >= 0.3 is 0 Å². The van der Waals surface area contributed by atoms with Crippen molar-refractivity contribution >= 4 is 21.6 Å². The zero-order valence-electron chi connectivity index (χ0n) is 18.6. The van der Waals surface area contributed by atoms with Gasteiger partial charge in [0.05, 0.1) is 25.4 Å². The fourth-order valence-corrected chi connectivity index (χ4v) is 4.74. The lowest BCUT2D eigenvalue weighted by Crippen LogP contribution is -2.17. The topological polar surface area (TPSA) is 56.6 Å². The van der Waals surface area contributed by atoms with Gasteiger partial charge in [-0.2, -0.15) is 0 Å². The maximum Gasteiger partial charge on any atom is 0.275 e. The molecule has 0 N–H and O–H groups in total. The second kappa shape index (κ2) is 9.97. The minimum atomic E-state index is -0.102. The fourth-order valence-electron chi connectivity index (χ4n) is 3.69.